The number of nitrogens with one attached hydrogen (secondary N) is 1. The Morgan fingerprint density at radius 1 is 1.33 bits per heavy atom. The zero-order chi connectivity index (χ0) is 14.8. The number of H-pyrrole nitrogens is 1. The topological polar surface area (TPSA) is 75.9 Å². The summed E-state index contributed by atoms with van der Waals surface area (Å²) in [6.45, 7) is 1.62. The lowest BCUT2D eigenvalue weighted by atomic mass is 10.2. The Bertz CT molecular complexity index is 880. The van der Waals surface area contributed by atoms with Crippen LogP contribution in [0.2, 0.25) is 0 Å². The first-order valence-electron chi connectivity index (χ1n) is 6.31. The molecule has 0 aliphatic heterocycles. The molecule has 1 N–H and O–H groups in total. The lowest BCUT2D eigenvalue weighted by Gasteiger charge is -2.03. The average molecular weight is 299 g/mol. The van der Waals surface area contributed by atoms with Crippen molar-refractivity contribution in [3.63, 3.8) is 0 Å². The molecule has 3 aromatic rings. The summed E-state index contributed by atoms with van der Waals surface area (Å²) in [4.78, 5) is 15.3. The van der Waals surface area contributed by atoms with Crippen molar-refractivity contribution >= 4 is 28.9 Å². The van der Waals surface area contributed by atoms with E-state index in [2.05, 4.69) is 20.3 Å². The van der Waals surface area contributed by atoms with E-state index in [1.54, 1.807) is 13.1 Å². The van der Waals surface area contributed by atoms with Gasteiger partial charge in [-0.3, -0.25) is 4.79 Å². The number of aromatic nitrogens is 4. The molecule has 0 amide bonds. The number of para-hydroxylation sites is 1. The Morgan fingerprint density at radius 2 is 2.14 bits per heavy atom. The molecule has 1 aromatic carbocycles. The summed E-state index contributed by atoms with van der Waals surface area (Å²) in [5.74, 6) is 0. The average Bonchev–Trinajstić information content (AvgIpc) is 2.92. The summed E-state index contributed by atoms with van der Waals surface area (Å²) in [5.41, 5.74) is 2.01. The van der Waals surface area contributed by atoms with Crippen LogP contribution in [0.5, 0.6) is 0 Å². The fourth-order valence-corrected chi connectivity index (χ4v) is 2.42. The van der Waals surface area contributed by atoms with Crippen LogP contribution in [0.3, 0.4) is 0 Å². The standard InChI is InChI=1S/C14H13N5OS/c1-9-13(20)19(14(21-2)18-17-9)16-8-10-7-15-12-6-4-3-5-11(10)12/h3-8,15H,1-2H3/b16-8-. The number of benzene rings is 1. The third-order valence-corrected chi connectivity index (χ3v) is 3.70. The van der Waals surface area contributed by atoms with E-state index in [1.807, 2.05) is 36.7 Å². The quantitative estimate of drug-likeness (QED) is 0.593. The predicted molar refractivity (Wildman–Crippen MR) is 84.1 cm³/mol. The second-order valence-corrected chi connectivity index (χ2v) is 5.20. The smallest absolute Gasteiger partial charge is 0.296 e. The monoisotopic (exact) mass is 299 g/mol. The van der Waals surface area contributed by atoms with Crippen LogP contribution in [-0.2, 0) is 0 Å². The minimum Gasteiger partial charge on any atom is -0.361 e. The van der Waals surface area contributed by atoms with Gasteiger partial charge in [-0.15, -0.1) is 10.2 Å². The fourth-order valence-electron chi connectivity index (χ4n) is 1.99. The molecule has 0 aliphatic rings. The highest BCUT2D eigenvalue weighted by atomic mass is 32.2. The van der Waals surface area contributed by atoms with Gasteiger partial charge < -0.3 is 4.98 Å². The van der Waals surface area contributed by atoms with Crippen LogP contribution < -0.4 is 5.56 Å². The van der Waals surface area contributed by atoms with Crippen molar-refractivity contribution in [2.24, 2.45) is 5.10 Å². The summed E-state index contributed by atoms with van der Waals surface area (Å²) >= 11 is 1.33. The van der Waals surface area contributed by atoms with E-state index in [9.17, 15) is 4.79 Å². The number of aryl methyl sites for hydroxylation is 1. The number of thioether (sulfide) groups is 1. The predicted octanol–water partition coefficient (Wildman–Crippen LogP) is 2.03. The van der Waals surface area contributed by atoms with Crippen LogP contribution >= 0.6 is 11.8 Å². The highest BCUT2D eigenvalue weighted by molar-refractivity contribution is 7.98. The van der Waals surface area contributed by atoms with E-state index >= 15 is 0 Å². The highest BCUT2D eigenvalue weighted by Gasteiger charge is 2.07. The van der Waals surface area contributed by atoms with Gasteiger partial charge in [0.1, 0.15) is 5.69 Å². The third kappa shape index (κ3) is 2.47. The molecule has 0 bridgehead atoms. The van der Waals surface area contributed by atoms with Crippen LogP contribution in [0.25, 0.3) is 10.9 Å². The number of nitrogens with zero attached hydrogens (tertiary/aromatic N) is 4. The van der Waals surface area contributed by atoms with Gasteiger partial charge in [-0.25, -0.2) is 0 Å². The van der Waals surface area contributed by atoms with Gasteiger partial charge in [-0.2, -0.15) is 9.78 Å². The Labute approximate surface area is 124 Å². The molecule has 0 atom stereocenters. The van der Waals surface area contributed by atoms with Crippen LogP contribution in [0.15, 0.2) is 45.5 Å². The van der Waals surface area contributed by atoms with Crippen molar-refractivity contribution in [3.05, 3.63) is 52.1 Å². The van der Waals surface area contributed by atoms with Crippen molar-refractivity contribution in [3.8, 4) is 0 Å². The number of hydrogen-bond acceptors (Lipinski definition) is 5. The van der Waals surface area contributed by atoms with Gasteiger partial charge in [0.15, 0.2) is 0 Å². The van der Waals surface area contributed by atoms with Gasteiger partial charge in [0.2, 0.25) is 5.16 Å². The van der Waals surface area contributed by atoms with Gasteiger partial charge in [0, 0.05) is 22.7 Å². The molecule has 0 fully saturated rings. The second kappa shape index (κ2) is 5.53. The normalized spacial score (nSPS) is 11.5. The fraction of sp³-hybridized carbons (Fsp3) is 0.143. The molecule has 3 rings (SSSR count). The largest absolute Gasteiger partial charge is 0.361 e. The van der Waals surface area contributed by atoms with Crippen molar-refractivity contribution in [1.29, 1.82) is 0 Å². The molecular weight excluding hydrogens is 286 g/mol. The van der Waals surface area contributed by atoms with Gasteiger partial charge in [-0.05, 0) is 19.2 Å². The Morgan fingerprint density at radius 3 is 2.95 bits per heavy atom. The molecule has 106 valence electrons. The first kappa shape index (κ1) is 13.6. The molecule has 21 heavy (non-hydrogen) atoms. The van der Waals surface area contributed by atoms with Gasteiger partial charge in [0.05, 0.1) is 6.21 Å². The maximum absolute atomic E-state index is 12.1. The van der Waals surface area contributed by atoms with E-state index in [4.69, 9.17) is 0 Å². The molecule has 6 nitrogen and oxygen atoms in total. The Balaban J connectivity index is 2.08. The SMILES string of the molecule is CSc1nnc(C)c(=O)n1/N=C\c1c[nH]c2ccccc12. The molecule has 7 heteroatoms. The first-order chi connectivity index (χ1) is 10.2. The molecule has 0 unspecified atom stereocenters. The van der Waals surface area contributed by atoms with E-state index < -0.39 is 0 Å². The minimum atomic E-state index is -0.259. The molecule has 2 aromatic heterocycles. The first-order valence-corrected chi connectivity index (χ1v) is 7.54. The van der Waals surface area contributed by atoms with E-state index in [0.717, 1.165) is 16.5 Å². The van der Waals surface area contributed by atoms with Crippen LogP contribution in [0, 0.1) is 6.92 Å². The minimum absolute atomic E-state index is 0.259. The summed E-state index contributed by atoms with van der Waals surface area (Å²) in [7, 11) is 0. The van der Waals surface area contributed by atoms with Crippen molar-refractivity contribution in [2.45, 2.75) is 12.1 Å². The van der Waals surface area contributed by atoms with Gasteiger partial charge >= 0.3 is 0 Å². The summed E-state index contributed by atoms with van der Waals surface area (Å²) in [5, 5.41) is 13.6. The van der Waals surface area contributed by atoms with Crippen molar-refractivity contribution in [2.75, 3.05) is 6.26 Å². The Hall–Kier alpha value is -2.41. The maximum atomic E-state index is 12.1. The van der Waals surface area contributed by atoms with Gasteiger partial charge in [0.25, 0.3) is 5.56 Å². The molecule has 0 spiro atoms. The zero-order valence-corrected chi connectivity index (χ0v) is 12.4. The lowest BCUT2D eigenvalue weighted by molar-refractivity contribution is 0.635. The molecule has 0 saturated heterocycles. The van der Waals surface area contributed by atoms with E-state index in [1.165, 1.54) is 16.4 Å². The maximum Gasteiger partial charge on any atom is 0.296 e. The third-order valence-electron chi connectivity index (χ3n) is 3.08. The number of aromatic amines is 1. The summed E-state index contributed by atoms with van der Waals surface area (Å²) in [6, 6.07) is 7.92. The number of hydrogen-bond donors (Lipinski definition) is 1. The van der Waals surface area contributed by atoms with E-state index in [-0.39, 0.29) is 5.56 Å². The van der Waals surface area contributed by atoms with E-state index in [0.29, 0.717) is 10.9 Å². The number of fused-ring (bicyclic) bond motifs is 1. The van der Waals surface area contributed by atoms with Crippen LogP contribution in [0.1, 0.15) is 11.3 Å². The van der Waals surface area contributed by atoms with Crippen molar-refractivity contribution in [1.82, 2.24) is 19.9 Å². The molecular formula is C14H13N5OS. The molecule has 0 aliphatic carbocycles. The Kier molecular flexibility index (Phi) is 3.57. The molecule has 0 radical (unpaired) electrons. The van der Waals surface area contributed by atoms with Gasteiger partial charge in [-0.1, -0.05) is 30.0 Å². The molecule has 2 heterocycles. The summed E-state index contributed by atoms with van der Waals surface area (Å²) in [6.07, 6.45) is 5.34. The van der Waals surface area contributed by atoms with Crippen LogP contribution in [0.4, 0.5) is 0 Å². The highest BCUT2D eigenvalue weighted by Crippen LogP contribution is 2.16. The molecule has 0 saturated carbocycles. The van der Waals surface area contributed by atoms with Crippen LogP contribution in [-0.4, -0.2) is 32.3 Å². The summed E-state index contributed by atoms with van der Waals surface area (Å²) < 4.78 is 1.27. The number of rotatable bonds is 3. The zero-order valence-electron chi connectivity index (χ0n) is 11.6. The second-order valence-electron chi connectivity index (χ2n) is 4.42. The lowest BCUT2D eigenvalue weighted by Crippen LogP contribution is -2.23. The van der Waals surface area contributed by atoms with Crippen molar-refractivity contribution < 1.29 is 0 Å².